The topological polar surface area (TPSA) is 81.4 Å². The van der Waals surface area contributed by atoms with Crippen LogP contribution in [0, 0.1) is 5.92 Å². The Hall–Kier alpha value is -2.27. The first-order valence-electron chi connectivity index (χ1n) is 11.9. The normalized spacial score (nSPS) is 21.3. The maximum atomic E-state index is 13.0. The fraction of sp³-hybridized carbons (Fsp3) is 0.696. The molecule has 0 bridgehead atoms. The number of rotatable bonds is 9. The van der Waals surface area contributed by atoms with Crippen LogP contribution in [0.5, 0.6) is 5.19 Å². The van der Waals surface area contributed by atoms with Crippen LogP contribution < -0.4 is 15.6 Å². The van der Waals surface area contributed by atoms with Gasteiger partial charge < -0.3 is 10.1 Å². The zero-order chi connectivity index (χ0) is 24.3. The van der Waals surface area contributed by atoms with Crippen LogP contribution in [0.1, 0.15) is 49.6 Å². The molecule has 8 nitrogen and oxygen atoms in total. The molecule has 1 amide bonds. The van der Waals surface area contributed by atoms with Crippen LogP contribution in [0.25, 0.3) is 0 Å². The van der Waals surface area contributed by atoms with Gasteiger partial charge in [-0.1, -0.05) is 11.3 Å². The predicted octanol–water partition coefficient (Wildman–Crippen LogP) is 2.80. The van der Waals surface area contributed by atoms with Crippen molar-refractivity contribution >= 4 is 17.2 Å². The largest absolute Gasteiger partial charge is 0.464 e. The van der Waals surface area contributed by atoms with Gasteiger partial charge in [0, 0.05) is 50.2 Å². The van der Waals surface area contributed by atoms with Gasteiger partial charge >= 0.3 is 0 Å². The van der Waals surface area contributed by atoms with E-state index in [2.05, 4.69) is 15.2 Å². The summed E-state index contributed by atoms with van der Waals surface area (Å²) in [6.45, 7) is 2.92. The Morgan fingerprint density at radius 2 is 2.09 bits per heavy atom. The number of fused-ring (bicyclic) bond motifs is 1. The van der Waals surface area contributed by atoms with Crippen molar-refractivity contribution in [3.8, 4) is 5.19 Å². The number of aryl methyl sites for hydroxylation is 1. The second-order valence-corrected chi connectivity index (χ2v) is 10.6. The van der Waals surface area contributed by atoms with Crippen LogP contribution in [0.3, 0.4) is 0 Å². The van der Waals surface area contributed by atoms with Crippen LogP contribution >= 0.6 is 11.3 Å². The molecule has 0 saturated heterocycles. The average molecular weight is 498 g/mol. The third kappa shape index (κ3) is 6.65. The minimum atomic E-state index is -2.86. The third-order valence-corrected chi connectivity index (χ3v) is 7.73. The summed E-state index contributed by atoms with van der Waals surface area (Å²) in [6.07, 6.45) is 7.70. The Labute approximate surface area is 201 Å². The van der Waals surface area contributed by atoms with E-state index >= 15 is 0 Å². The smallest absolute Gasteiger partial charge is 0.278 e. The minimum absolute atomic E-state index is 0.0451. The van der Waals surface area contributed by atoms with Crippen LogP contribution in [-0.2, 0) is 31.4 Å². The summed E-state index contributed by atoms with van der Waals surface area (Å²) in [4.78, 5) is 32.1. The first-order chi connectivity index (χ1) is 16.2. The van der Waals surface area contributed by atoms with E-state index in [1.54, 1.807) is 17.9 Å². The van der Waals surface area contributed by atoms with E-state index in [4.69, 9.17) is 4.74 Å². The van der Waals surface area contributed by atoms with Crippen molar-refractivity contribution in [3.63, 3.8) is 0 Å². The van der Waals surface area contributed by atoms with Gasteiger partial charge in [0.15, 0.2) is 6.61 Å². The van der Waals surface area contributed by atoms with Crippen molar-refractivity contribution in [1.82, 2.24) is 24.6 Å². The lowest BCUT2D eigenvalue weighted by atomic mass is 9.84. The molecule has 0 radical (unpaired) electrons. The van der Waals surface area contributed by atoms with E-state index in [0.717, 1.165) is 75.7 Å². The highest BCUT2D eigenvalue weighted by Crippen LogP contribution is 2.32. The zero-order valence-corrected chi connectivity index (χ0v) is 20.6. The number of aromatic nitrogens is 3. The molecule has 1 N–H and O–H groups in total. The molecule has 0 aromatic carbocycles. The summed E-state index contributed by atoms with van der Waals surface area (Å²) in [5.41, 5.74) is 0.782. The van der Waals surface area contributed by atoms with Crippen molar-refractivity contribution in [2.45, 2.75) is 70.5 Å². The van der Waals surface area contributed by atoms with Gasteiger partial charge in [0.25, 0.3) is 16.7 Å². The number of hydrogen-bond acceptors (Lipinski definition) is 6. The van der Waals surface area contributed by atoms with Gasteiger partial charge in [0.1, 0.15) is 6.54 Å². The molecule has 3 heterocycles. The maximum Gasteiger partial charge on any atom is 0.278 e. The number of alkyl halides is 2. The number of ether oxygens (including phenoxy) is 1. The number of carbonyl (C=O) groups excluding carboxylic acids is 1. The van der Waals surface area contributed by atoms with Gasteiger partial charge in [-0.25, -0.2) is 18.4 Å². The maximum absolute atomic E-state index is 13.0. The van der Waals surface area contributed by atoms with E-state index in [1.807, 2.05) is 0 Å². The highest BCUT2D eigenvalue weighted by molar-refractivity contribution is 7.13. The van der Waals surface area contributed by atoms with E-state index in [9.17, 15) is 18.4 Å². The number of thiazole rings is 1. The first kappa shape index (κ1) is 24.8. The summed E-state index contributed by atoms with van der Waals surface area (Å²) in [7, 11) is 1.75. The van der Waals surface area contributed by atoms with E-state index < -0.39 is 12.5 Å². The fourth-order valence-corrected chi connectivity index (χ4v) is 5.63. The van der Waals surface area contributed by atoms with Gasteiger partial charge in [-0.3, -0.25) is 19.2 Å². The van der Waals surface area contributed by atoms with Crippen molar-refractivity contribution in [2.75, 3.05) is 19.7 Å². The molecule has 0 spiro atoms. The van der Waals surface area contributed by atoms with Crippen LogP contribution in [0.4, 0.5) is 8.78 Å². The molecule has 34 heavy (non-hydrogen) atoms. The zero-order valence-electron chi connectivity index (χ0n) is 19.8. The van der Waals surface area contributed by atoms with Gasteiger partial charge in [-0.2, -0.15) is 0 Å². The van der Waals surface area contributed by atoms with Crippen molar-refractivity contribution in [1.29, 1.82) is 0 Å². The Morgan fingerprint density at radius 1 is 1.32 bits per heavy atom. The third-order valence-electron chi connectivity index (χ3n) is 6.66. The second-order valence-electron chi connectivity index (χ2n) is 9.59. The molecule has 0 unspecified atom stereocenters. The minimum Gasteiger partial charge on any atom is -0.464 e. The van der Waals surface area contributed by atoms with Gasteiger partial charge in [0.05, 0.1) is 5.69 Å². The van der Waals surface area contributed by atoms with Crippen LogP contribution in [0.15, 0.2) is 17.1 Å². The Morgan fingerprint density at radius 3 is 2.76 bits per heavy atom. The SMILES string of the molecule is Cn1ccc(=O)n1CC(=O)NC1CCC(CCN2CCc3sc(OCC(C)(F)F)nc3C2)CC1. The molecule has 188 valence electrons. The molecule has 2 aliphatic rings. The number of amides is 1. The fourth-order valence-electron chi connectivity index (χ4n) is 4.72. The lowest BCUT2D eigenvalue weighted by Crippen LogP contribution is -2.41. The highest BCUT2D eigenvalue weighted by Gasteiger charge is 2.27. The standard InChI is InChI=1S/C23H33F2N5O3S/c1-23(24,25)15-33-22-27-18-13-29(12-8-19(18)34-22)11-7-16-3-5-17(6-4-16)26-20(31)14-30-21(32)9-10-28(30)2/h9-10,16-17H,3-8,11-15H2,1-2H3,(H,26,31). The Bertz CT molecular complexity index is 1040. The first-order valence-corrected chi connectivity index (χ1v) is 12.7. The number of halogens is 2. The van der Waals surface area contributed by atoms with Gasteiger partial charge in [-0.05, 0) is 51.0 Å². The van der Waals surface area contributed by atoms with Crippen LogP contribution in [-0.4, -0.2) is 56.8 Å². The van der Waals surface area contributed by atoms with E-state index in [0.29, 0.717) is 11.1 Å². The second kappa shape index (κ2) is 10.6. The Kier molecular flexibility index (Phi) is 7.71. The molecule has 4 rings (SSSR count). The number of nitrogens with one attached hydrogen (secondary N) is 1. The van der Waals surface area contributed by atoms with Crippen molar-refractivity contribution in [2.24, 2.45) is 13.0 Å². The Balaban J connectivity index is 1.16. The summed E-state index contributed by atoms with van der Waals surface area (Å²) in [6, 6.07) is 1.62. The predicted molar refractivity (Wildman–Crippen MR) is 125 cm³/mol. The molecule has 1 aliphatic heterocycles. The van der Waals surface area contributed by atoms with E-state index in [1.165, 1.54) is 22.1 Å². The molecule has 1 saturated carbocycles. The lowest BCUT2D eigenvalue weighted by Gasteiger charge is -2.32. The molecular formula is C23H33F2N5O3S. The molecular weight excluding hydrogens is 464 g/mol. The lowest BCUT2D eigenvalue weighted by molar-refractivity contribution is -0.123. The molecule has 2 aromatic heterocycles. The van der Waals surface area contributed by atoms with E-state index in [-0.39, 0.29) is 24.1 Å². The molecule has 11 heteroatoms. The number of nitrogens with zero attached hydrogens (tertiary/aromatic N) is 4. The summed E-state index contributed by atoms with van der Waals surface area (Å²) >= 11 is 1.38. The van der Waals surface area contributed by atoms with Crippen LogP contribution in [0.2, 0.25) is 0 Å². The average Bonchev–Trinajstić information content (AvgIpc) is 3.34. The molecule has 2 aromatic rings. The molecule has 1 aliphatic carbocycles. The summed E-state index contributed by atoms with van der Waals surface area (Å²) in [5, 5.41) is 3.42. The summed E-state index contributed by atoms with van der Waals surface area (Å²) < 4.78 is 34.3. The highest BCUT2D eigenvalue weighted by atomic mass is 32.1. The molecule has 0 atom stereocenters. The van der Waals surface area contributed by atoms with Gasteiger partial charge in [0.2, 0.25) is 5.91 Å². The van der Waals surface area contributed by atoms with Crippen molar-refractivity contribution < 1.29 is 18.3 Å². The van der Waals surface area contributed by atoms with Gasteiger partial charge in [-0.15, -0.1) is 0 Å². The van der Waals surface area contributed by atoms with Crippen molar-refractivity contribution in [3.05, 3.63) is 33.2 Å². The quantitative estimate of drug-likeness (QED) is 0.576. The number of hydrogen-bond donors (Lipinski definition) is 1. The number of carbonyl (C=O) groups is 1. The summed E-state index contributed by atoms with van der Waals surface area (Å²) in [5.74, 6) is -2.35. The molecule has 1 fully saturated rings. The monoisotopic (exact) mass is 497 g/mol.